The van der Waals surface area contributed by atoms with Crippen molar-refractivity contribution >= 4 is 23.1 Å². The summed E-state index contributed by atoms with van der Waals surface area (Å²) in [5.41, 5.74) is 7.97. The minimum absolute atomic E-state index is 0.0524. The number of hydrogen-bond acceptors (Lipinski definition) is 6. The Kier molecular flexibility index (Phi) is 6.35. The number of Topliss-reactive ketones (excluding diaryl/α,β-unsaturated/α-hetero) is 1. The summed E-state index contributed by atoms with van der Waals surface area (Å²) in [4.78, 5) is 15.2. The van der Waals surface area contributed by atoms with Crippen molar-refractivity contribution in [2.24, 2.45) is 5.92 Å². The molecule has 2 heterocycles. The van der Waals surface area contributed by atoms with Crippen molar-refractivity contribution in [2.75, 3.05) is 32.7 Å². The zero-order chi connectivity index (χ0) is 21.1. The first kappa shape index (κ1) is 20.8. The number of nitrogens with zero attached hydrogens (tertiary/aromatic N) is 1. The predicted octanol–water partition coefficient (Wildman–Crippen LogP) is 4.53. The van der Waals surface area contributed by atoms with Crippen molar-refractivity contribution in [3.8, 4) is 17.2 Å². The number of anilines is 1. The fourth-order valence-corrected chi connectivity index (χ4v) is 4.32. The van der Waals surface area contributed by atoms with Crippen molar-refractivity contribution in [1.82, 2.24) is 4.90 Å². The Bertz CT molecular complexity index is 926. The molecule has 0 saturated carbocycles. The lowest BCUT2D eigenvalue weighted by molar-refractivity contribution is 0.0958. The van der Waals surface area contributed by atoms with Gasteiger partial charge >= 0.3 is 0 Å². The van der Waals surface area contributed by atoms with Crippen molar-refractivity contribution in [1.29, 1.82) is 0 Å². The van der Waals surface area contributed by atoms with Crippen LogP contribution in [-0.2, 0) is 6.54 Å². The number of methoxy groups -OCH3 is 1. The molecule has 0 bridgehead atoms. The van der Waals surface area contributed by atoms with Gasteiger partial charge in [0.2, 0.25) is 6.79 Å². The molecule has 2 aromatic carbocycles. The smallest absolute Gasteiger partial charge is 0.231 e. The van der Waals surface area contributed by atoms with E-state index in [1.807, 2.05) is 6.07 Å². The van der Waals surface area contributed by atoms with Gasteiger partial charge in [-0.25, -0.2) is 0 Å². The molecular formula is C23H27ClN2O4. The molecule has 7 heteroatoms. The van der Waals surface area contributed by atoms with Crippen LogP contribution in [0.2, 0.25) is 5.02 Å². The summed E-state index contributed by atoms with van der Waals surface area (Å²) in [6, 6.07) is 9.38. The average Bonchev–Trinajstić information content (AvgIpc) is 3.22. The maximum absolute atomic E-state index is 12.7. The molecule has 160 valence electrons. The van der Waals surface area contributed by atoms with Crippen LogP contribution in [0.15, 0.2) is 30.3 Å². The van der Waals surface area contributed by atoms with E-state index in [-0.39, 0.29) is 5.78 Å². The average molecular weight is 431 g/mol. The number of ketones is 1. The number of rotatable bonds is 7. The Labute approximate surface area is 181 Å². The molecule has 0 aromatic heterocycles. The van der Waals surface area contributed by atoms with E-state index in [9.17, 15) is 4.79 Å². The SMILES string of the molecule is COc1cc(N)c(Cl)cc1C(=O)CCC1CCN(Cc2ccc3c(c2)OCO3)CC1. The first-order chi connectivity index (χ1) is 14.5. The van der Waals surface area contributed by atoms with Crippen LogP contribution in [0.4, 0.5) is 5.69 Å². The van der Waals surface area contributed by atoms with Gasteiger partial charge in [0.05, 0.1) is 23.4 Å². The van der Waals surface area contributed by atoms with Crippen LogP contribution in [0.3, 0.4) is 0 Å². The minimum Gasteiger partial charge on any atom is -0.496 e. The number of likely N-dealkylation sites (tertiary alicyclic amines) is 1. The normalized spacial score (nSPS) is 16.6. The maximum Gasteiger partial charge on any atom is 0.231 e. The summed E-state index contributed by atoms with van der Waals surface area (Å²) < 4.78 is 16.2. The van der Waals surface area contributed by atoms with Gasteiger partial charge in [-0.3, -0.25) is 9.69 Å². The number of piperidine rings is 1. The third-order valence-electron chi connectivity index (χ3n) is 5.95. The predicted molar refractivity (Wildman–Crippen MR) is 117 cm³/mol. The van der Waals surface area contributed by atoms with E-state index in [2.05, 4.69) is 17.0 Å². The van der Waals surface area contributed by atoms with Crippen molar-refractivity contribution < 1.29 is 19.0 Å². The summed E-state index contributed by atoms with van der Waals surface area (Å²) >= 11 is 6.10. The van der Waals surface area contributed by atoms with Crippen LogP contribution in [-0.4, -0.2) is 37.7 Å². The largest absolute Gasteiger partial charge is 0.496 e. The first-order valence-electron chi connectivity index (χ1n) is 10.3. The number of ether oxygens (including phenoxy) is 3. The lowest BCUT2D eigenvalue weighted by atomic mass is 9.90. The van der Waals surface area contributed by atoms with Crippen molar-refractivity contribution in [2.45, 2.75) is 32.2 Å². The molecule has 0 unspecified atom stereocenters. The highest BCUT2D eigenvalue weighted by Gasteiger charge is 2.22. The fourth-order valence-electron chi connectivity index (χ4n) is 4.16. The summed E-state index contributed by atoms with van der Waals surface area (Å²) in [5.74, 6) is 2.74. The zero-order valence-electron chi connectivity index (χ0n) is 17.2. The molecule has 1 fully saturated rings. The monoisotopic (exact) mass is 430 g/mol. The van der Waals surface area contributed by atoms with E-state index >= 15 is 0 Å². The van der Waals surface area contributed by atoms with Gasteiger partial charge in [-0.2, -0.15) is 0 Å². The molecule has 0 radical (unpaired) electrons. The van der Waals surface area contributed by atoms with E-state index in [4.69, 9.17) is 31.5 Å². The number of carbonyl (C=O) groups is 1. The molecule has 6 nitrogen and oxygen atoms in total. The molecule has 0 aliphatic carbocycles. The van der Waals surface area contributed by atoms with Gasteiger partial charge in [-0.05, 0) is 62.0 Å². The summed E-state index contributed by atoms with van der Waals surface area (Å²) in [5, 5.41) is 0.385. The molecule has 2 aromatic rings. The highest BCUT2D eigenvalue weighted by molar-refractivity contribution is 6.33. The Hall–Kier alpha value is -2.44. The third kappa shape index (κ3) is 4.65. The van der Waals surface area contributed by atoms with Gasteiger partial charge in [0.15, 0.2) is 17.3 Å². The third-order valence-corrected chi connectivity index (χ3v) is 6.28. The second-order valence-corrected chi connectivity index (χ2v) is 8.35. The molecule has 2 N–H and O–H groups in total. The Morgan fingerprint density at radius 1 is 1.20 bits per heavy atom. The molecular weight excluding hydrogens is 404 g/mol. The van der Waals surface area contributed by atoms with Crippen molar-refractivity contribution in [3.63, 3.8) is 0 Å². The van der Waals surface area contributed by atoms with Crippen LogP contribution in [0, 0.1) is 5.92 Å². The van der Waals surface area contributed by atoms with Gasteiger partial charge in [0.1, 0.15) is 5.75 Å². The van der Waals surface area contributed by atoms with E-state index in [0.717, 1.165) is 50.4 Å². The number of nitrogens with two attached hydrogens (primary N) is 1. The Balaban J connectivity index is 1.26. The lowest BCUT2D eigenvalue weighted by Gasteiger charge is -2.32. The van der Waals surface area contributed by atoms with E-state index < -0.39 is 0 Å². The molecule has 1 saturated heterocycles. The number of benzene rings is 2. The topological polar surface area (TPSA) is 74.0 Å². The second kappa shape index (κ2) is 9.14. The summed E-state index contributed by atoms with van der Waals surface area (Å²) in [6.07, 6.45) is 3.56. The standard InChI is InChI=1S/C23H27ClN2O4/c1-28-22-12-19(25)18(24)11-17(22)20(27)4-2-15-6-8-26(9-7-15)13-16-3-5-21-23(10-16)30-14-29-21/h3,5,10-12,15H,2,4,6-9,13-14,25H2,1H3. The zero-order valence-corrected chi connectivity index (χ0v) is 17.9. The fraction of sp³-hybridized carbons (Fsp3) is 0.435. The van der Waals surface area contributed by atoms with E-state index in [1.165, 1.54) is 12.7 Å². The van der Waals surface area contributed by atoms with Crippen LogP contribution >= 0.6 is 11.6 Å². The molecule has 30 heavy (non-hydrogen) atoms. The number of nitrogen functional groups attached to an aromatic ring is 1. The quantitative estimate of drug-likeness (QED) is 0.513. The Morgan fingerprint density at radius 3 is 2.73 bits per heavy atom. The summed E-state index contributed by atoms with van der Waals surface area (Å²) in [6.45, 7) is 3.27. The number of halogens is 1. The van der Waals surface area contributed by atoms with Crippen LogP contribution < -0.4 is 19.9 Å². The van der Waals surface area contributed by atoms with Gasteiger partial charge in [0.25, 0.3) is 0 Å². The molecule has 0 amide bonds. The van der Waals surface area contributed by atoms with Crippen LogP contribution in [0.1, 0.15) is 41.6 Å². The molecule has 0 spiro atoms. The maximum atomic E-state index is 12.7. The van der Waals surface area contributed by atoms with E-state index in [1.54, 1.807) is 12.1 Å². The van der Waals surface area contributed by atoms with Crippen LogP contribution in [0.5, 0.6) is 17.2 Å². The Morgan fingerprint density at radius 2 is 1.97 bits per heavy atom. The van der Waals surface area contributed by atoms with Gasteiger partial charge in [-0.15, -0.1) is 0 Å². The van der Waals surface area contributed by atoms with Gasteiger partial charge in [-0.1, -0.05) is 17.7 Å². The molecule has 0 atom stereocenters. The minimum atomic E-state index is 0.0524. The number of fused-ring (bicyclic) bond motifs is 1. The molecule has 2 aliphatic rings. The van der Waals surface area contributed by atoms with E-state index in [0.29, 0.717) is 41.2 Å². The van der Waals surface area contributed by atoms with Gasteiger partial charge in [0, 0.05) is 19.0 Å². The van der Waals surface area contributed by atoms with Crippen molar-refractivity contribution in [3.05, 3.63) is 46.5 Å². The first-order valence-corrected chi connectivity index (χ1v) is 10.7. The second-order valence-electron chi connectivity index (χ2n) is 7.94. The highest BCUT2D eigenvalue weighted by Crippen LogP contribution is 2.34. The highest BCUT2D eigenvalue weighted by atomic mass is 35.5. The molecule has 4 rings (SSSR count). The molecule has 2 aliphatic heterocycles. The van der Waals surface area contributed by atoms with Crippen LogP contribution in [0.25, 0.3) is 0 Å². The number of carbonyl (C=O) groups excluding carboxylic acids is 1. The lowest BCUT2D eigenvalue weighted by Crippen LogP contribution is -2.33. The summed E-state index contributed by atoms with van der Waals surface area (Å²) in [7, 11) is 1.54. The number of hydrogen-bond donors (Lipinski definition) is 1. The van der Waals surface area contributed by atoms with Gasteiger partial charge < -0.3 is 19.9 Å².